The average molecular weight is 380 g/mol. The van der Waals surface area contributed by atoms with Crippen LogP contribution in [-0.2, 0) is 14.3 Å². The molecule has 0 saturated carbocycles. The van der Waals surface area contributed by atoms with Crippen molar-refractivity contribution in [3.05, 3.63) is 36.0 Å². The Kier molecular flexibility index (Phi) is 5.42. The second kappa shape index (κ2) is 8.13. The molecule has 0 aliphatic carbocycles. The third-order valence-electron chi connectivity index (χ3n) is 5.29. The third-order valence-corrected chi connectivity index (χ3v) is 5.29. The number of morpholine rings is 1. The minimum absolute atomic E-state index is 0.0883. The summed E-state index contributed by atoms with van der Waals surface area (Å²) in [7, 11) is 0. The van der Waals surface area contributed by atoms with Crippen molar-refractivity contribution in [3.63, 3.8) is 0 Å². The molecule has 7 nitrogen and oxygen atoms in total. The van der Waals surface area contributed by atoms with Gasteiger partial charge in [0.05, 0.1) is 29.8 Å². The van der Waals surface area contributed by atoms with Crippen LogP contribution < -0.4 is 10.2 Å². The first kappa shape index (κ1) is 18.7. The average Bonchev–Trinajstić information content (AvgIpc) is 3.24. The van der Waals surface area contributed by atoms with Crippen LogP contribution in [0.25, 0.3) is 10.9 Å². The molecule has 7 heteroatoms. The largest absolute Gasteiger partial charge is 0.376 e. The number of fused-ring (bicyclic) bond motifs is 1. The summed E-state index contributed by atoms with van der Waals surface area (Å²) in [5.74, 6) is -0.108. The number of aromatic nitrogens is 1. The molecule has 1 N–H and O–H groups in total. The number of ether oxygens (including phenoxy) is 2. The number of anilines is 1. The molecule has 2 fully saturated rings. The van der Waals surface area contributed by atoms with Crippen molar-refractivity contribution in [3.8, 4) is 6.07 Å². The van der Waals surface area contributed by atoms with E-state index in [1.807, 2.05) is 25.1 Å². The summed E-state index contributed by atoms with van der Waals surface area (Å²) in [5.41, 5.74) is 2.20. The number of rotatable bonds is 4. The molecule has 2 saturated heterocycles. The van der Waals surface area contributed by atoms with Gasteiger partial charge in [-0.15, -0.1) is 0 Å². The quantitative estimate of drug-likeness (QED) is 0.873. The van der Waals surface area contributed by atoms with Crippen LogP contribution >= 0.6 is 0 Å². The third kappa shape index (κ3) is 3.79. The van der Waals surface area contributed by atoms with E-state index in [9.17, 15) is 10.1 Å². The van der Waals surface area contributed by atoms with Crippen molar-refractivity contribution < 1.29 is 14.3 Å². The number of amides is 1. The van der Waals surface area contributed by atoms with E-state index < -0.39 is 6.10 Å². The number of pyridine rings is 1. The van der Waals surface area contributed by atoms with Gasteiger partial charge in [-0.1, -0.05) is 0 Å². The Labute approximate surface area is 164 Å². The highest BCUT2D eigenvalue weighted by Crippen LogP contribution is 2.30. The van der Waals surface area contributed by atoms with Crippen LogP contribution in [0, 0.1) is 11.3 Å². The minimum atomic E-state index is -0.549. The fraction of sp³-hybridized carbons (Fsp3) is 0.476. The highest BCUT2D eigenvalue weighted by atomic mass is 16.5. The second-order valence-electron chi connectivity index (χ2n) is 7.36. The van der Waals surface area contributed by atoms with E-state index in [1.165, 1.54) is 0 Å². The minimum Gasteiger partial charge on any atom is -0.376 e. The monoisotopic (exact) mass is 380 g/mol. The van der Waals surface area contributed by atoms with Gasteiger partial charge in [0.2, 0.25) is 0 Å². The zero-order valence-electron chi connectivity index (χ0n) is 15.9. The number of benzene rings is 1. The maximum absolute atomic E-state index is 12.7. The first-order valence-electron chi connectivity index (χ1n) is 9.73. The molecule has 4 rings (SSSR count). The summed E-state index contributed by atoms with van der Waals surface area (Å²) in [5, 5.41) is 13.2. The van der Waals surface area contributed by atoms with Crippen LogP contribution in [-0.4, -0.2) is 55.4 Å². The highest BCUT2D eigenvalue weighted by Gasteiger charge is 2.32. The SMILES string of the molecule is C[C@@H]1CN(c2ccc(C#N)c3ncccc23)C[C@H](C(=O)NCC2CCCO2)O1. The van der Waals surface area contributed by atoms with Crippen molar-refractivity contribution in [2.75, 3.05) is 31.1 Å². The molecule has 0 radical (unpaired) electrons. The summed E-state index contributed by atoms with van der Waals surface area (Å²) >= 11 is 0. The molecule has 1 aromatic carbocycles. The van der Waals surface area contributed by atoms with Crippen LogP contribution in [0.15, 0.2) is 30.5 Å². The Morgan fingerprint density at radius 1 is 1.39 bits per heavy atom. The van der Waals surface area contributed by atoms with Crippen LogP contribution in [0.2, 0.25) is 0 Å². The van der Waals surface area contributed by atoms with Gasteiger partial charge in [0.25, 0.3) is 5.91 Å². The van der Waals surface area contributed by atoms with Gasteiger partial charge in [-0.3, -0.25) is 9.78 Å². The summed E-state index contributed by atoms with van der Waals surface area (Å²) in [6.45, 7) is 4.39. The molecule has 1 amide bonds. The Morgan fingerprint density at radius 2 is 2.29 bits per heavy atom. The van der Waals surface area contributed by atoms with Crippen molar-refractivity contribution in [2.24, 2.45) is 0 Å². The van der Waals surface area contributed by atoms with E-state index >= 15 is 0 Å². The predicted octanol–water partition coefficient (Wildman–Crippen LogP) is 2.00. The lowest BCUT2D eigenvalue weighted by Crippen LogP contribution is -2.53. The van der Waals surface area contributed by atoms with Gasteiger partial charge in [0.1, 0.15) is 6.07 Å². The zero-order chi connectivity index (χ0) is 19.5. The number of hydrogen-bond acceptors (Lipinski definition) is 6. The summed E-state index contributed by atoms with van der Waals surface area (Å²) in [6, 6.07) is 9.75. The summed E-state index contributed by atoms with van der Waals surface area (Å²) in [6.07, 6.45) is 3.19. The summed E-state index contributed by atoms with van der Waals surface area (Å²) < 4.78 is 11.5. The Bertz CT molecular complexity index is 904. The molecule has 146 valence electrons. The number of nitrogens with one attached hydrogen (secondary N) is 1. The normalized spacial score (nSPS) is 24.9. The van der Waals surface area contributed by atoms with Gasteiger partial charge >= 0.3 is 0 Å². The number of nitriles is 1. The molecule has 2 aliphatic heterocycles. The predicted molar refractivity (Wildman–Crippen MR) is 105 cm³/mol. The van der Waals surface area contributed by atoms with Crippen LogP contribution in [0.5, 0.6) is 0 Å². The van der Waals surface area contributed by atoms with Crippen LogP contribution in [0.1, 0.15) is 25.3 Å². The molecule has 2 aliphatic rings. The Balaban J connectivity index is 1.53. The molecule has 2 aromatic rings. The number of hydrogen-bond donors (Lipinski definition) is 1. The Morgan fingerprint density at radius 3 is 3.07 bits per heavy atom. The molecule has 3 atom stereocenters. The lowest BCUT2D eigenvalue weighted by atomic mass is 10.1. The Hall–Kier alpha value is -2.69. The lowest BCUT2D eigenvalue weighted by Gasteiger charge is -2.38. The van der Waals surface area contributed by atoms with E-state index in [2.05, 4.69) is 21.3 Å². The molecule has 28 heavy (non-hydrogen) atoms. The molecule has 3 heterocycles. The van der Waals surface area contributed by atoms with Crippen LogP contribution in [0.4, 0.5) is 5.69 Å². The van der Waals surface area contributed by atoms with Gasteiger partial charge in [0.15, 0.2) is 6.10 Å². The standard InChI is InChI=1S/C21H24N4O3/c1-14-12-25(13-19(28-14)21(26)24-11-16-4-3-9-27-16)18-7-6-15(10-22)20-17(18)5-2-8-23-20/h2,5-8,14,16,19H,3-4,9,11-13H2,1H3,(H,24,26)/t14-,16?,19-/m1/s1. The fourth-order valence-electron chi connectivity index (χ4n) is 3.95. The second-order valence-corrected chi connectivity index (χ2v) is 7.36. The molecule has 1 unspecified atom stereocenters. The van der Waals surface area contributed by atoms with E-state index in [-0.39, 0.29) is 18.1 Å². The number of carbonyl (C=O) groups is 1. The molecule has 0 spiro atoms. The van der Waals surface area contributed by atoms with Crippen molar-refractivity contribution in [1.82, 2.24) is 10.3 Å². The number of nitrogens with zero attached hydrogens (tertiary/aromatic N) is 3. The van der Waals surface area contributed by atoms with E-state index in [0.29, 0.717) is 30.7 Å². The van der Waals surface area contributed by atoms with Crippen molar-refractivity contribution in [2.45, 2.75) is 38.1 Å². The molecule has 1 aromatic heterocycles. The highest BCUT2D eigenvalue weighted by molar-refractivity contribution is 5.95. The van der Waals surface area contributed by atoms with Crippen LogP contribution in [0.3, 0.4) is 0 Å². The van der Waals surface area contributed by atoms with E-state index in [4.69, 9.17) is 9.47 Å². The van der Waals surface area contributed by atoms with Crippen molar-refractivity contribution >= 4 is 22.5 Å². The van der Waals surface area contributed by atoms with Crippen molar-refractivity contribution in [1.29, 1.82) is 5.26 Å². The van der Waals surface area contributed by atoms with E-state index in [0.717, 1.165) is 30.5 Å². The summed E-state index contributed by atoms with van der Waals surface area (Å²) in [4.78, 5) is 19.2. The zero-order valence-corrected chi connectivity index (χ0v) is 15.9. The molecular formula is C21H24N4O3. The molecule has 0 bridgehead atoms. The smallest absolute Gasteiger partial charge is 0.251 e. The maximum Gasteiger partial charge on any atom is 0.251 e. The topological polar surface area (TPSA) is 87.5 Å². The van der Waals surface area contributed by atoms with E-state index in [1.54, 1.807) is 12.3 Å². The van der Waals surface area contributed by atoms with Gasteiger partial charge in [-0.25, -0.2) is 0 Å². The molecular weight excluding hydrogens is 356 g/mol. The number of carbonyl (C=O) groups excluding carboxylic acids is 1. The lowest BCUT2D eigenvalue weighted by molar-refractivity contribution is -0.137. The van der Waals surface area contributed by atoms with Gasteiger partial charge in [-0.2, -0.15) is 5.26 Å². The van der Waals surface area contributed by atoms with Gasteiger partial charge in [0, 0.05) is 37.0 Å². The van der Waals surface area contributed by atoms with Gasteiger partial charge < -0.3 is 19.7 Å². The fourth-order valence-corrected chi connectivity index (χ4v) is 3.95. The first-order valence-corrected chi connectivity index (χ1v) is 9.73. The first-order chi connectivity index (χ1) is 13.7. The maximum atomic E-state index is 12.7. The van der Waals surface area contributed by atoms with Gasteiger partial charge in [-0.05, 0) is 44.0 Å².